The SMILES string of the molecule is NC(Cc1cc(F)cc(F)c1)Cc1ccc(Cl)cc1Cl. The van der Waals surface area contributed by atoms with E-state index in [1.165, 1.54) is 12.1 Å². The summed E-state index contributed by atoms with van der Waals surface area (Å²) >= 11 is 11.9. The number of hydrogen-bond acceptors (Lipinski definition) is 1. The van der Waals surface area contributed by atoms with Crippen molar-refractivity contribution in [2.24, 2.45) is 5.73 Å². The zero-order valence-corrected chi connectivity index (χ0v) is 12.1. The number of hydrogen-bond donors (Lipinski definition) is 1. The van der Waals surface area contributed by atoms with Crippen molar-refractivity contribution < 1.29 is 8.78 Å². The highest BCUT2D eigenvalue weighted by Gasteiger charge is 2.10. The quantitative estimate of drug-likeness (QED) is 0.890. The normalized spacial score (nSPS) is 12.4. The van der Waals surface area contributed by atoms with Crippen molar-refractivity contribution in [2.75, 3.05) is 0 Å². The maximum Gasteiger partial charge on any atom is 0.126 e. The number of halogens is 4. The molecule has 5 heteroatoms. The van der Waals surface area contributed by atoms with Crippen LogP contribution in [0.1, 0.15) is 11.1 Å². The van der Waals surface area contributed by atoms with E-state index in [1.54, 1.807) is 18.2 Å². The number of rotatable bonds is 4. The maximum absolute atomic E-state index is 13.1. The van der Waals surface area contributed by atoms with Crippen molar-refractivity contribution in [3.05, 3.63) is 69.2 Å². The summed E-state index contributed by atoms with van der Waals surface area (Å²) in [4.78, 5) is 0. The Morgan fingerprint density at radius 2 is 1.60 bits per heavy atom. The molecule has 106 valence electrons. The fourth-order valence-electron chi connectivity index (χ4n) is 2.07. The third-order valence-electron chi connectivity index (χ3n) is 2.92. The van der Waals surface area contributed by atoms with E-state index in [9.17, 15) is 8.78 Å². The first-order valence-corrected chi connectivity index (χ1v) is 6.84. The van der Waals surface area contributed by atoms with E-state index in [1.807, 2.05) is 0 Å². The van der Waals surface area contributed by atoms with E-state index >= 15 is 0 Å². The predicted octanol–water partition coefficient (Wildman–Crippen LogP) is 4.38. The third-order valence-corrected chi connectivity index (χ3v) is 3.50. The Morgan fingerprint density at radius 1 is 0.950 bits per heavy atom. The van der Waals surface area contributed by atoms with E-state index in [4.69, 9.17) is 28.9 Å². The Bertz CT molecular complexity index is 597. The summed E-state index contributed by atoms with van der Waals surface area (Å²) in [7, 11) is 0. The minimum absolute atomic E-state index is 0.283. The summed E-state index contributed by atoms with van der Waals surface area (Å²) in [6.45, 7) is 0. The molecule has 1 unspecified atom stereocenters. The highest BCUT2D eigenvalue weighted by molar-refractivity contribution is 6.35. The Morgan fingerprint density at radius 3 is 2.20 bits per heavy atom. The minimum Gasteiger partial charge on any atom is -0.327 e. The maximum atomic E-state index is 13.1. The van der Waals surface area contributed by atoms with E-state index in [0.29, 0.717) is 28.5 Å². The first-order chi connectivity index (χ1) is 9.44. The van der Waals surface area contributed by atoms with Gasteiger partial charge in [0.2, 0.25) is 0 Å². The molecule has 2 aromatic carbocycles. The second-order valence-corrected chi connectivity index (χ2v) is 5.53. The zero-order chi connectivity index (χ0) is 14.7. The summed E-state index contributed by atoms with van der Waals surface area (Å²) in [6.07, 6.45) is 0.877. The van der Waals surface area contributed by atoms with Crippen LogP contribution in [-0.4, -0.2) is 6.04 Å². The first kappa shape index (κ1) is 15.2. The monoisotopic (exact) mass is 315 g/mol. The van der Waals surface area contributed by atoms with Crippen LogP contribution in [0.25, 0.3) is 0 Å². The number of nitrogens with two attached hydrogens (primary N) is 1. The van der Waals surface area contributed by atoms with Crippen LogP contribution in [0.3, 0.4) is 0 Å². The molecular formula is C15H13Cl2F2N. The molecule has 0 aliphatic carbocycles. The van der Waals surface area contributed by atoms with Gasteiger partial charge in [-0.2, -0.15) is 0 Å². The lowest BCUT2D eigenvalue weighted by atomic mass is 9.99. The van der Waals surface area contributed by atoms with Gasteiger partial charge in [-0.3, -0.25) is 0 Å². The molecule has 0 heterocycles. The van der Waals surface area contributed by atoms with Crippen molar-refractivity contribution in [1.82, 2.24) is 0 Å². The average Bonchev–Trinajstić information content (AvgIpc) is 2.31. The van der Waals surface area contributed by atoms with Crippen molar-refractivity contribution in [2.45, 2.75) is 18.9 Å². The summed E-state index contributed by atoms with van der Waals surface area (Å²) < 4.78 is 26.2. The smallest absolute Gasteiger partial charge is 0.126 e. The Balaban J connectivity index is 2.06. The van der Waals surface area contributed by atoms with Crippen LogP contribution in [-0.2, 0) is 12.8 Å². The predicted molar refractivity (Wildman–Crippen MR) is 78.2 cm³/mol. The van der Waals surface area contributed by atoms with Crippen LogP contribution < -0.4 is 5.73 Å². The molecule has 1 nitrogen and oxygen atoms in total. The van der Waals surface area contributed by atoms with Gasteiger partial charge in [0, 0.05) is 22.2 Å². The molecule has 0 aromatic heterocycles. The second kappa shape index (κ2) is 6.53. The molecule has 0 amide bonds. The molecule has 0 aliphatic rings. The summed E-state index contributed by atoms with van der Waals surface area (Å²) in [5, 5.41) is 1.10. The average molecular weight is 316 g/mol. The third kappa shape index (κ3) is 4.17. The van der Waals surface area contributed by atoms with E-state index in [0.717, 1.165) is 11.6 Å². The molecule has 0 saturated heterocycles. The van der Waals surface area contributed by atoms with Gasteiger partial charge < -0.3 is 5.73 Å². The van der Waals surface area contributed by atoms with E-state index < -0.39 is 11.6 Å². The Labute approximate surface area is 126 Å². The van der Waals surface area contributed by atoms with Gasteiger partial charge in [-0.1, -0.05) is 29.3 Å². The molecule has 2 rings (SSSR count). The largest absolute Gasteiger partial charge is 0.327 e. The van der Waals surface area contributed by atoms with Gasteiger partial charge in [-0.15, -0.1) is 0 Å². The standard InChI is InChI=1S/C15H13Cl2F2N/c16-11-2-1-10(15(17)7-11)6-14(20)5-9-3-12(18)8-13(19)4-9/h1-4,7-8,14H,5-6,20H2. The van der Waals surface area contributed by atoms with Crippen LogP contribution in [0.15, 0.2) is 36.4 Å². The molecule has 0 bridgehead atoms. The van der Waals surface area contributed by atoms with E-state index in [2.05, 4.69) is 0 Å². The molecule has 0 saturated carbocycles. The Kier molecular flexibility index (Phi) is 4.97. The Hall–Kier alpha value is -1.16. The first-order valence-electron chi connectivity index (χ1n) is 6.08. The fourth-order valence-corrected chi connectivity index (χ4v) is 2.56. The van der Waals surface area contributed by atoms with Gasteiger partial charge in [0.15, 0.2) is 0 Å². The molecule has 1 atom stereocenters. The van der Waals surface area contributed by atoms with Crippen LogP contribution in [0.2, 0.25) is 10.0 Å². The van der Waals surface area contributed by atoms with Crippen molar-refractivity contribution in [3.63, 3.8) is 0 Å². The van der Waals surface area contributed by atoms with E-state index in [-0.39, 0.29) is 6.04 Å². The van der Waals surface area contributed by atoms with Crippen molar-refractivity contribution >= 4 is 23.2 Å². The lowest BCUT2D eigenvalue weighted by Gasteiger charge is -2.13. The van der Waals surface area contributed by atoms with Crippen molar-refractivity contribution in [3.8, 4) is 0 Å². The topological polar surface area (TPSA) is 26.0 Å². The number of benzene rings is 2. The molecule has 0 fully saturated rings. The highest BCUT2D eigenvalue weighted by Crippen LogP contribution is 2.22. The highest BCUT2D eigenvalue weighted by atomic mass is 35.5. The van der Waals surface area contributed by atoms with Crippen LogP contribution in [0, 0.1) is 11.6 Å². The summed E-state index contributed by atoms with van der Waals surface area (Å²) in [6, 6.07) is 8.31. The van der Waals surface area contributed by atoms with Gasteiger partial charge in [0.25, 0.3) is 0 Å². The fraction of sp³-hybridized carbons (Fsp3) is 0.200. The molecule has 0 spiro atoms. The summed E-state index contributed by atoms with van der Waals surface area (Å²) in [5.41, 5.74) is 7.40. The molecule has 2 N–H and O–H groups in total. The van der Waals surface area contributed by atoms with Gasteiger partial charge in [-0.05, 0) is 48.2 Å². The molecule has 0 radical (unpaired) electrons. The second-order valence-electron chi connectivity index (χ2n) is 4.68. The molecule has 20 heavy (non-hydrogen) atoms. The van der Waals surface area contributed by atoms with Crippen LogP contribution in [0.4, 0.5) is 8.78 Å². The zero-order valence-electron chi connectivity index (χ0n) is 10.5. The molecular weight excluding hydrogens is 303 g/mol. The molecule has 0 aliphatic heterocycles. The lowest BCUT2D eigenvalue weighted by Crippen LogP contribution is -2.25. The van der Waals surface area contributed by atoms with Gasteiger partial charge in [0.1, 0.15) is 11.6 Å². The van der Waals surface area contributed by atoms with Crippen LogP contribution >= 0.6 is 23.2 Å². The molecule has 2 aromatic rings. The van der Waals surface area contributed by atoms with Gasteiger partial charge in [0.05, 0.1) is 0 Å². The van der Waals surface area contributed by atoms with Gasteiger partial charge in [-0.25, -0.2) is 8.78 Å². The van der Waals surface area contributed by atoms with Gasteiger partial charge >= 0.3 is 0 Å². The summed E-state index contributed by atoms with van der Waals surface area (Å²) in [5.74, 6) is -1.20. The van der Waals surface area contributed by atoms with Crippen molar-refractivity contribution in [1.29, 1.82) is 0 Å². The lowest BCUT2D eigenvalue weighted by molar-refractivity contribution is 0.574. The van der Waals surface area contributed by atoms with Crippen LogP contribution in [0.5, 0.6) is 0 Å². The minimum atomic E-state index is -0.600.